The lowest BCUT2D eigenvalue weighted by Gasteiger charge is -2.34. The minimum absolute atomic E-state index is 0.281. The lowest BCUT2D eigenvalue weighted by Crippen LogP contribution is -2.44. The smallest absolute Gasteiger partial charge is 0.216 e. The summed E-state index contributed by atoms with van der Waals surface area (Å²) in [6.07, 6.45) is 3.72. The topological polar surface area (TPSA) is 117 Å². The van der Waals surface area contributed by atoms with Crippen LogP contribution in [0.15, 0.2) is 42.9 Å². The molecule has 0 saturated carbocycles. The Morgan fingerprint density at radius 3 is 2.73 bits per heavy atom. The lowest BCUT2D eigenvalue weighted by molar-refractivity contribution is -0.242. The number of aromatic nitrogens is 6. The molecule has 1 aromatic carbocycles. The number of ether oxygens (including phenoxy) is 1. The van der Waals surface area contributed by atoms with E-state index in [0.717, 1.165) is 34.5 Å². The van der Waals surface area contributed by atoms with Gasteiger partial charge in [-0.25, -0.2) is 19.0 Å². The Morgan fingerprint density at radius 2 is 2.00 bits per heavy atom. The van der Waals surface area contributed by atoms with E-state index < -0.39 is 12.0 Å². The monoisotopic (exact) mass is 506 g/mol. The first-order valence-electron chi connectivity index (χ1n) is 12.3. The van der Waals surface area contributed by atoms with Gasteiger partial charge in [0.25, 0.3) is 0 Å². The summed E-state index contributed by atoms with van der Waals surface area (Å²) in [5, 5.41) is 25.8. The average molecular weight is 507 g/mol. The van der Waals surface area contributed by atoms with Crippen LogP contribution in [-0.2, 0) is 24.1 Å². The molecule has 0 aliphatic carbocycles. The maximum Gasteiger partial charge on any atom is 0.216 e. The van der Waals surface area contributed by atoms with Crippen molar-refractivity contribution in [1.82, 2.24) is 34.8 Å². The molecule has 0 radical (unpaired) electrons. The van der Waals surface area contributed by atoms with Crippen LogP contribution >= 0.6 is 0 Å². The number of nitrogens with zero attached hydrogens (tertiary/aromatic N) is 6. The first-order chi connectivity index (χ1) is 17.7. The van der Waals surface area contributed by atoms with Crippen LogP contribution in [0.3, 0.4) is 0 Å². The van der Waals surface area contributed by atoms with Gasteiger partial charge in [0.2, 0.25) is 6.41 Å². The SMILES string of the molecule is CCc1c(Nc2cc(-n3ncc4c3CCN(C(O)OC(C)(C)C)C4)ncn2)n[nH]c1-c1ccc(F)cc1. The molecule has 0 bridgehead atoms. The quantitative estimate of drug-likeness (QED) is 0.323. The van der Waals surface area contributed by atoms with Crippen molar-refractivity contribution in [3.8, 4) is 17.1 Å². The number of halogens is 1. The molecule has 194 valence electrons. The normalized spacial score (nSPS) is 15.0. The highest BCUT2D eigenvalue weighted by molar-refractivity contribution is 5.71. The third kappa shape index (κ3) is 5.38. The summed E-state index contributed by atoms with van der Waals surface area (Å²) in [6.45, 7) is 8.95. The molecule has 0 saturated heterocycles. The van der Waals surface area contributed by atoms with Crippen LogP contribution < -0.4 is 5.32 Å². The van der Waals surface area contributed by atoms with E-state index in [1.54, 1.807) is 18.3 Å². The summed E-state index contributed by atoms with van der Waals surface area (Å²) in [6, 6.07) is 8.14. The molecular weight excluding hydrogens is 475 g/mol. The third-order valence-corrected chi connectivity index (χ3v) is 6.21. The molecular formula is C26H31FN8O2. The van der Waals surface area contributed by atoms with Crippen molar-refractivity contribution >= 4 is 11.6 Å². The second-order valence-corrected chi connectivity index (χ2v) is 9.98. The Bertz CT molecular complexity index is 1380. The van der Waals surface area contributed by atoms with Crippen molar-refractivity contribution in [3.05, 3.63) is 65.5 Å². The highest BCUT2D eigenvalue weighted by Crippen LogP contribution is 2.30. The van der Waals surface area contributed by atoms with Gasteiger partial charge in [-0.1, -0.05) is 6.92 Å². The van der Waals surface area contributed by atoms with Gasteiger partial charge in [0, 0.05) is 42.3 Å². The summed E-state index contributed by atoms with van der Waals surface area (Å²) in [5.41, 5.74) is 4.27. The Balaban J connectivity index is 1.35. The minimum Gasteiger partial charge on any atom is -0.356 e. The second-order valence-electron chi connectivity index (χ2n) is 9.98. The van der Waals surface area contributed by atoms with E-state index in [1.165, 1.54) is 18.5 Å². The summed E-state index contributed by atoms with van der Waals surface area (Å²) >= 11 is 0. The van der Waals surface area contributed by atoms with Gasteiger partial charge in [-0.2, -0.15) is 10.2 Å². The average Bonchev–Trinajstić information content (AvgIpc) is 3.47. The number of hydrogen-bond acceptors (Lipinski definition) is 8. The van der Waals surface area contributed by atoms with Gasteiger partial charge in [0.15, 0.2) is 11.6 Å². The number of H-pyrrole nitrogens is 1. The van der Waals surface area contributed by atoms with Gasteiger partial charge in [-0.05, 0) is 51.5 Å². The summed E-state index contributed by atoms with van der Waals surface area (Å²) in [4.78, 5) is 10.7. The Hall–Kier alpha value is -3.67. The molecule has 10 nitrogen and oxygen atoms in total. The van der Waals surface area contributed by atoms with Crippen molar-refractivity contribution in [2.75, 3.05) is 11.9 Å². The number of aromatic amines is 1. The molecule has 3 aromatic heterocycles. The molecule has 4 heterocycles. The van der Waals surface area contributed by atoms with Crippen LogP contribution in [0.2, 0.25) is 0 Å². The number of fused-ring (bicyclic) bond motifs is 1. The van der Waals surface area contributed by atoms with Crippen molar-refractivity contribution in [2.45, 2.75) is 59.1 Å². The largest absolute Gasteiger partial charge is 0.356 e. The van der Waals surface area contributed by atoms with E-state index >= 15 is 0 Å². The van der Waals surface area contributed by atoms with Gasteiger partial charge in [0.05, 0.1) is 23.2 Å². The number of benzene rings is 1. The van der Waals surface area contributed by atoms with Gasteiger partial charge >= 0.3 is 0 Å². The Morgan fingerprint density at radius 1 is 1.22 bits per heavy atom. The van der Waals surface area contributed by atoms with Gasteiger partial charge in [-0.15, -0.1) is 0 Å². The fourth-order valence-electron chi connectivity index (χ4n) is 4.45. The van der Waals surface area contributed by atoms with Crippen molar-refractivity contribution in [1.29, 1.82) is 0 Å². The van der Waals surface area contributed by atoms with Crippen LogP contribution in [0, 0.1) is 5.82 Å². The van der Waals surface area contributed by atoms with Gasteiger partial charge in [0.1, 0.15) is 18.0 Å². The van der Waals surface area contributed by atoms with E-state index in [9.17, 15) is 9.50 Å². The third-order valence-electron chi connectivity index (χ3n) is 6.21. The van der Waals surface area contributed by atoms with Crippen LogP contribution in [0.1, 0.15) is 44.5 Å². The van der Waals surface area contributed by atoms with Crippen LogP contribution in [0.4, 0.5) is 16.0 Å². The molecule has 5 rings (SSSR count). The summed E-state index contributed by atoms with van der Waals surface area (Å²) in [7, 11) is 0. The van der Waals surface area contributed by atoms with E-state index in [0.29, 0.717) is 37.0 Å². The fourth-order valence-corrected chi connectivity index (χ4v) is 4.45. The summed E-state index contributed by atoms with van der Waals surface area (Å²) < 4.78 is 20.9. The molecule has 1 aliphatic rings. The highest BCUT2D eigenvalue weighted by atomic mass is 19.1. The number of anilines is 2. The predicted molar refractivity (Wildman–Crippen MR) is 137 cm³/mol. The number of nitrogens with one attached hydrogen (secondary N) is 2. The number of aliphatic hydroxyl groups excluding tert-OH is 1. The second kappa shape index (κ2) is 10.0. The maximum absolute atomic E-state index is 13.4. The molecule has 0 amide bonds. The standard InChI is InChI=1S/C26H31FN8O2/c1-5-19-23(16-6-8-18(27)9-7-16)32-33-24(19)31-21-12-22(29-15-28-21)35-20-10-11-34(14-17(20)13-30-35)25(36)37-26(2,3)4/h6-9,12-13,15,25,36H,5,10-11,14H2,1-4H3,(H2,28,29,31,32,33). The zero-order chi connectivity index (χ0) is 26.2. The molecule has 0 fully saturated rings. The molecule has 3 N–H and O–H groups in total. The van der Waals surface area contributed by atoms with Crippen molar-refractivity contribution in [3.63, 3.8) is 0 Å². The van der Waals surface area contributed by atoms with Gasteiger partial charge < -0.3 is 15.2 Å². The van der Waals surface area contributed by atoms with E-state index in [4.69, 9.17) is 4.74 Å². The first kappa shape index (κ1) is 25.0. The zero-order valence-corrected chi connectivity index (χ0v) is 21.4. The molecule has 37 heavy (non-hydrogen) atoms. The van der Waals surface area contributed by atoms with Gasteiger partial charge in [-0.3, -0.25) is 10.00 Å². The van der Waals surface area contributed by atoms with Crippen LogP contribution in [0.5, 0.6) is 0 Å². The Labute approximate surface area is 214 Å². The molecule has 1 aliphatic heterocycles. The highest BCUT2D eigenvalue weighted by Gasteiger charge is 2.28. The summed E-state index contributed by atoms with van der Waals surface area (Å²) in [5.74, 6) is 1.58. The molecule has 1 unspecified atom stereocenters. The van der Waals surface area contributed by atoms with Crippen LogP contribution in [-0.4, -0.2) is 58.5 Å². The van der Waals surface area contributed by atoms with E-state index in [1.807, 2.05) is 43.3 Å². The Kier molecular flexibility index (Phi) is 6.76. The van der Waals surface area contributed by atoms with Crippen molar-refractivity contribution < 1.29 is 14.2 Å². The molecule has 4 aromatic rings. The van der Waals surface area contributed by atoms with Crippen LogP contribution in [0.25, 0.3) is 17.1 Å². The number of rotatable bonds is 7. The van der Waals surface area contributed by atoms with Crippen molar-refractivity contribution in [2.24, 2.45) is 0 Å². The number of aliphatic hydroxyl groups is 1. The zero-order valence-electron chi connectivity index (χ0n) is 21.4. The molecule has 11 heteroatoms. The minimum atomic E-state index is -0.979. The number of hydrogen-bond donors (Lipinski definition) is 3. The first-order valence-corrected chi connectivity index (χ1v) is 12.3. The molecule has 0 spiro atoms. The lowest BCUT2D eigenvalue weighted by atomic mass is 10.1. The predicted octanol–water partition coefficient (Wildman–Crippen LogP) is 3.95. The van der Waals surface area contributed by atoms with E-state index in [-0.39, 0.29) is 5.82 Å². The fraction of sp³-hybridized carbons (Fsp3) is 0.385. The maximum atomic E-state index is 13.4. The van der Waals surface area contributed by atoms with E-state index in [2.05, 4.69) is 30.6 Å². The molecule has 1 atom stereocenters.